The van der Waals surface area contributed by atoms with Crippen LogP contribution in [0.2, 0.25) is 0 Å². The van der Waals surface area contributed by atoms with Crippen LogP contribution in [0, 0.1) is 11.3 Å². The van der Waals surface area contributed by atoms with Gasteiger partial charge >= 0.3 is 0 Å². The summed E-state index contributed by atoms with van der Waals surface area (Å²) >= 11 is 0. The summed E-state index contributed by atoms with van der Waals surface area (Å²) in [6.07, 6.45) is 4.05. The van der Waals surface area contributed by atoms with Crippen LogP contribution in [0.15, 0.2) is 0 Å². The van der Waals surface area contributed by atoms with E-state index in [9.17, 15) is 4.79 Å². The maximum absolute atomic E-state index is 11.2. The molecule has 1 saturated heterocycles. The van der Waals surface area contributed by atoms with Gasteiger partial charge in [-0.25, -0.2) is 0 Å². The molecule has 1 aliphatic carbocycles. The largest absolute Gasteiger partial charge is 0.381 e. The normalized spacial score (nSPS) is 28.3. The fourth-order valence-corrected chi connectivity index (χ4v) is 2.24. The molecule has 2 rings (SSSR count). The van der Waals surface area contributed by atoms with E-state index in [4.69, 9.17) is 10.5 Å². The van der Waals surface area contributed by atoms with Crippen molar-refractivity contribution in [2.75, 3.05) is 13.2 Å². The van der Waals surface area contributed by atoms with Crippen LogP contribution in [0.5, 0.6) is 0 Å². The van der Waals surface area contributed by atoms with Gasteiger partial charge in [0.25, 0.3) is 0 Å². The fourth-order valence-electron chi connectivity index (χ4n) is 2.24. The number of primary amides is 1. The molecule has 2 fully saturated rings. The highest BCUT2D eigenvalue weighted by Gasteiger charge is 2.54. The van der Waals surface area contributed by atoms with Gasteiger partial charge in [-0.3, -0.25) is 4.79 Å². The lowest BCUT2D eigenvalue weighted by atomic mass is 9.82. The van der Waals surface area contributed by atoms with Gasteiger partial charge in [-0.2, -0.15) is 0 Å². The second-order valence-electron chi connectivity index (χ2n) is 3.91. The third-order valence-electron chi connectivity index (χ3n) is 3.28. The van der Waals surface area contributed by atoms with Gasteiger partial charge in [0.05, 0.1) is 5.41 Å². The molecule has 1 heterocycles. The van der Waals surface area contributed by atoms with Crippen LogP contribution >= 0.6 is 0 Å². The van der Waals surface area contributed by atoms with E-state index in [-0.39, 0.29) is 11.3 Å². The van der Waals surface area contributed by atoms with Gasteiger partial charge < -0.3 is 10.5 Å². The number of hydrogen-bond acceptors (Lipinski definition) is 2. The molecule has 0 unspecified atom stereocenters. The summed E-state index contributed by atoms with van der Waals surface area (Å²) in [5.74, 6) is 0.415. The van der Waals surface area contributed by atoms with Crippen LogP contribution in [0.4, 0.5) is 0 Å². The first-order valence-corrected chi connectivity index (χ1v) is 4.63. The smallest absolute Gasteiger partial charge is 0.223 e. The minimum absolute atomic E-state index is 0.0885. The topological polar surface area (TPSA) is 52.3 Å². The average molecular weight is 169 g/mol. The molecule has 2 N–H and O–H groups in total. The lowest BCUT2D eigenvalue weighted by molar-refractivity contribution is -0.126. The Morgan fingerprint density at radius 1 is 1.33 bits per heavy atom. The Balaban J connectivity index is 2.02. The number of carbonyl (C=O) groups is 1. The monoisotopic (exact) mass is 169 g/mol. The lowest BCUT2D eigenvalue weighted by Crippen LogP contribution is -2.35. The van der Waals surface area contributed by atoms with Crippen LogP contribution in [0.25, 0.3) is 0 Å². The first kappa shape index (κ1) is 8.05. The highest BCUT2D eigenvalue weighted by Crippen LogP contribution is 2.54. The summed E-state index contributed by atoms with van der Waals surface area (Å²) in [5, 5.41) is 0. The highest BCUT2D eigenvalue weighted by molar-refractivity contribution is 5.83. The zero-order valence-corrected chi connectivity index (χ0v) is 7.21. The van der Waals surface area contributed by atoms with Crippen LogP contribution in [-0.4, -0.2) is 19.1 Å². The summed E-state index contributed by atoms with van der Waals surface area (Å²) in [5.41, 5.74) is 5.26. The van der Waals surface area contributed by atoms with Gasteiger partial charge in [0.15, 0.2) is 0 Å². The predicted octanol–water partition coefficient (Wildman–Crippen LogP) is 0.678. The minimum Gasteiger partial charge on any atom is -0.381 e. The molecule has 3 nitrogen and oxygen atoms in total. The summed E-state index contributed by atoms with van der Waals surface area (Å²) in [6, 6.07) is 0. The molecule has 0 spiro atoms. The Kier molecular flexibility index (Phi) is 1.83. The van der Waals surface area contributed by atoms with Gasteiger partial charge in [0.2, 0.25) is 5.91 Å². The molecule has 3 heteroatoms. The van der Waals surface area contributed by atoms with Gasteiger partial charge in [0.1, 0.15) is 0 Å². The number of amides is 1. The molecule has 0 bridgehead atoms. The number of ether oxygens (including phenoxy) is 1. The van der Waals surface area contributed by atoms with Crippen LogP contribution in [0.3, 0.4) is 0 Å². The minimum atomic E-state index is -0.121. The van der Waals surface area contributed by atoms with E-state index >= 15 is 0 Å². The second kappa shape index (κ2) is 2.73. The molecule has 0 atom stereocenters. The molecule has 0 aromatic heterocycles. The van der Waals surface area contributed by atoms with E-state index in [2.05, 4.69) is 0 Å². The molecule has 12 heavy (non-hydrogen) atoms. The first-order chi connectivity index (χ1) is 5.76. The number of hydrogen-bond donors (Lipinski definition) is 1. The van der Waals surface area contributed by atoms with E-state index in [1.807, 2.05) is 0 Å². The fraction of sp³-hybridized carbons (Fsp3) is 0.889. The SMILES string of the molecule is NC(=O)C1(C2CCOCC2)CC1. The highest BCUT2D eigenvalue weighted by atomic mass is 16.5. The Morgan fingerprint density at radius 2 is 1.92 bits per heavy atom. The Hall–Kier alpha value is -0.570. The van der Waals surface area contributed by atoms with E-state index < -0.39 is 0 Å². The van der Waals surface area contributed by atoms with Crippen molar-refractivity contribution in [3.05, 3.63) is 0 Å². The van der Waals surface area contributed by atoms with Crippen LogP contribution in [-0.2, 0) is 9.53 Å². The number of carbonyl (C=O) groups excluding carboxylic acids is 1. The molecule has 1 saturated carbocycles. The standard InChI is InChI=1S/C9H15NO2/c10-8(11)9(3-4-9)7-1-5-12-6-2-7/h7H,1-6H2,(H2,10,11). The van der Waals surface area contributed by atoms with Crippen LogP contribution in [0.1, 0.15) is 25.7 Å². The quantitative estimate of drug-likeness (QED) is 0.660. The maximum Gasteiger partial charge on any atom is 0.223 e. The number of nitrogens with two attached hydrogens (primary N) is 1. The molecule has 0 aromatic rings. The zero-order chi connectivity index (χ0) is 8.60. The summed E-state index contributed by atoms with van der Waals surface area (Å²) < 4.78 is 5.25. The molecule has 2 aliphatic rings. The first-order valence-electron chi connectivity index (χ1n) is 4.63. The average Bonchev–Trinajstić information content (AvgIpc) is 2.86. The Labute approximate surface area is 72.3 Å². The van der Waals surface area contributed by atoms with E-state index in [0.717, 1.165) is 38.9 Å². The Morgan fingerprint density at radius 3 is 2.33 bits per heavy atom. The predicted molar refractivity (Wildman–Crippen MR) is 44.4 cm³/mol. The molecular formula is C9H15NO2. The summed E-state index contributed by atoms with van der Waals surface area (Å²) in [6.45, 7) is 1.61. The molecular weight excluding hydrogens is 154 g/mol. The summed E-state index contributed by atoms with van der Waals surface area (Å²) in [7, 11) is 0. The zero-order valence-electron chi connectivity index (χ0n) is 7.21. The van der Waals surface area contributed by atoms with Gasteiger partial charge in [0, 0.05) is 13.2 Å². The van der Waals surface area contributed by atoms with Gasteiger partial charge in [-0.05, 0) is 31.6 Å². The molecule has 1 amide bonds. The van der Waals surface area contributed by atoms with Crippen molar-refractivity contribution >= 4 is 5.91 Å². The van der Waals surface area contributed by atoms with Crippen molar-refractivity contribution in [3.63, 3.8) is 0 Å². The number of rotatable bonds is 2. The maximum atomic E-state index is 11.2. The van der Waals surface area contributed by atoms with E-state index in [0.29, 0.717) is 5.92 Å². The van der Waals surface area contributed by atoms with E-state index in [1.165, 1.54) is 0 Å². The second-order valence-corrected chi connectivity index (χ2v) is 3.91. The molecule has 0 aromatic carbocycles. The van der Waals surface area contributed by atoms with Gasteiger partial charge in [-0.15, -0.1) is 0 Å². The third kappa shape index (κ3) is 1.12. The molecule has 0 radical (unpaired) electrons. The third-order valence-corrected chi connectivity index (χ3v) is 3.28. The van der Waals surface area contributed by atoms with Crippen LogP contribution < -0.4 is 5.73 Å². The van der Waals surface area contributed by atoms with Crippen molar-refractivity contribution in [2.24, 2.45) is 17.1 Å². The van der Waals surface area contributed by atoms with E-state index in [1.54, 1.807) is 0 Å². The molecule has 68 valence electrons. The van der Waals surface area contributed by atoms with Crippen molar-refractivity contribution in [2.45, 2.75) is 25.7 Å². The van der Waals surface area contributed by atoms with Crippen molar-refractivity contribution in [3.8, 4) is 0 Å². The lowest BCUT2D eigenvalue weighted by Gasteiger charge is -2.27. The van der Waals surface area contributed by atoms with Crippen molar-refractivity contribution in [1.82, 2.24) is 0 Å². The summed E-state index contributed by atoms with van der Waals surface area (Å²) in [4.78, 5) is 11.2. The van der Waals surface area contributed by atoms with Crippen molar-refractivity contribution < 1.29 is 9.53 Å². The van der Waals surface area contributed by atoms with Gasteiger partial charge in [-0.1, -0.05) is 0 Å². The van der Waals surface area contributed by atoms with Crippen molar-refractivity contribution in [1.29, 1.82) is 0 Å². The Bertz CT molecular complexity index is 193. The molecule has 1 aliphatic heterocycles.